The third-order valence-corrected chi connectivity index (χ3v) is 7.86. The van der Waals surface area contributed by atoms with Gasteiger partial charge in [-0.15, -0.1) is 0 Å². The molecule has 0 fully saturated rings. The van der Waals surface area contributed by atoms with Crippen molar-refractivity contribution >= 4 is 15.7 Å². The van der Waals surface area contributed by atoms with Crippen LogP contribution in [0.4, 0.5) is 5.69 Å². The molecule has 0 aliphatic carbocycles. The zero-order valence-electron chi connectivity index (χ0n) is 18.4. The van der Waals surface area contributed by atoms with Gasteiger partial charge in [0.2, 0.25) is 0 Å². The highest BCUT2D eigenvalue weighted by atomic mass is 32.2. The number of anilines is 1. The lowest BCUT2D eigenvalue weighted by atomic mass is 10.1. The lowest BCUT2D eigenvalue weighted by Crippen LogP contribution is -2.29. The molecule has 5 rings (SSSR count). The van der Waals surface area contributed by atoms with Crippen molar-refractivity contribution < 1.29 is 12.9 Å². The molecule has 2 aromatic carbocycles. The quantitative estimate of drug-likeness (QED) is 0.460. The molecule has 0 spiro atoms. The van der Waals surface area contributed by atoms with E-state index >= 15 is 0 Å². The molecule has 2 aromatic heterocycles. The zero-order chi connectivity index (χ0) is 23.3. The number of sulfonamides is 1. The van der Waals surface area contributed by atoms with E-state index in [9.17, 15) is 13.2 Å². The van der Waals surface area contributed by atoms with Crippen molar-refractivity contribution in [3.05, 3.63) is 87.5 Å². The van der Waals surface area contributed by atoms with Crippen LogP contribution in [0.25, 0.3) is 16.9 Å². The summed E-state index contributed by atoms with van der Waals surface area (Å²) in [5, 5.41) is 8.39. The summed E-state index contributed by atoms with van der Waals surface area (Å²) in [6.45, 7) is 5.62. The fraction of sp³-hybridized carbons (Fsp3) is 0.208. The highest BCUT2D eigenvalue weighted by Crippen LogP contribution is 2.34. The van der Waals surface area contributed by atoms with E-state index in [0.717, 1.165) is 5.56 Å². The van der Waals surface area contributed by atoms with E-state index in [1.807, 2.05) is 24.3 Å². The molecule has 0 unspecified atom stereocenters. The Morgan fingerprint density at radius 1 is 1.00 bits per heavy atom. The first-order valence-electron chi connectivity index (χ1n) is 10.5. The van der Waals surface area contributed by atoms with Crippen molar-refractivity contribution in [2.75, 3.05) is 10.8 Å². The van der Waals surface area contributed by atoms with Gasteiger partial charge in [0.1, 0.15) is 11.4 Å². The Morgan fingerprint density at radius 2 is 1.79 bits per heavy atom. The van der Waals surface area contributed by atoms with Crippen LogP contribution >= 0.6 is 0 Å². The van der Waals surface area contributed by atoms with Crippen LogP contribution in [0.2, 0.25) is 0 Å². The highest BCUT2D eigenvalue weighted by molar-refractivity contribution is 7.93. The molecule has 3 heterocycles. The molecule has 0 amide bonds. The van der Waals surface area contributed by atoms with Crippen molar-refractivity contribution in [1.29, 1.82) is 0 Å². The Morgan fingerprint density at radius 3 is 2.55 bits per heavy atom. The standard InChI is InChI=1S/C24H22N4O4S/c1-15-8-9-19(20-10-11-23(29)28(25-20)24-16(2)26-32-17(24)3)14-22(15)33(30,31)27-13-12-18-6-4-5-7-21(18)27/h4-11,14H,12-13H2,1-3H3. The van der Waals surface area contributed by atoms with E-state index in [1.54, 1.807) is 45.0 Å². The predicted molar refractivity (Wildman–Crippen MR) is 124 cm³/mol. The first-order valence-corrected chi connectivity index (χ1v) is 12.0. The van der Waals surface area contributed by atoms with Gasteiger partial charge in [-0.05, 0) is 56.5 Å². The van der Waals surface area contributed by atoms with Crippen molar-refractivity contribution in [2.45, 2.75) is 32.1 Å². The van der Waals surface area contributed by atoms with Crippen LogP contribution in [0, 0.1) is 20.8 Å². The van der Waals surface area contributed by atoms with E-state index in [-0.39, 0.29) is 10.5 Å². The van der Waals surface area contributed by atoms with Crippen LogP contribution in [0.3, 0.4) is 0 Å². The van der Waals surface area contributed by atoms with Crippen LogP contribution in [0.1, 0.15) is 22.6 Å². The zero-order valence-corrected chi connectivity index (χ0v) is 19.3. The average Bonchev–Trinajstić information content (AvgIpc) is 3.38. The van der Waals surface area contributed by atoms with Gasteiger partial charge in [0.05, 0.1) is 16.3 Å². The van der Waals surface area contributed by atoms with E-state index in [1.165, 1.54) is 15.1 Å². The molecule has 0 bridgehead atoms. The molecule has 9 heteroatoms. The van der Waals surface area contributed by atoms with E-state index < -0.39 is 10.0 Å². The molecule has 0 radical (unpaired) electrons. The van der Waals surface area contributed by atoms with Gasteiger partial charge in [-0.1, -0.05) is 35.5 Å². The average molecular weight is 463 g/mol. The van der Waals surface area contributed by atoms with Crippen LogP contribution in [-0.2, 0) is 16.4 Å². The highest BCUT2D eigenvalue weighted by Gasteiger charge is 2.32. The Labute approximate surface area is 191 Å². The number of aryl methyl sites for hydroxylation is 3. The summed E-state index contributed by atoms with van der Waals surface area (Å²) in [6, 6.07) is 15.7. The minimum Gasteiger partial charge on any atom is -0.359 e. The third-order valence-electron chi connectivity index (χ3n) is 5.90. The molecule has 0 saturated carbocycles. The summed E-state index contributed by atoms with van der Waals surface area (Å²) in [5.74, 6) is 0.471. The second-order valence-corrected chi connectivity index (χ2v) is 9.91. The van der Waals surface area contributed by atoms with Crippen LogP contribution < -0.4 is 9.86 Å². The number of benzene rings is 2. The third kappa shape index (κ3) is 3.45. The van der Waals surface area contributed by atoms with Crippen LogP contribution in [0.15, 0.2) is 68.8 Å². The van der Waals surface area contributed by atoms with Crippen molar-refractivity contribution in [2.24, 2.45) is 0 Å². The van der Waals surface area contributed by atoms with E-state index in [2.05, 4.69) is 10.3 Å². The molecule has 0 saturated heterocycles. The fourth-order valence-electron chi connectivity index (χ4n) is 4.22. The van der Waals surface area contributed by atoms with E-state index in [4.69, 9.17) is 4.52 Å². The number of hydrogen-bond acceptors (Lipinski definition) is 6. The van der Waals surface area contributed by atoms with Gasteiger partial charge >= 0.3 is 0 Å². The van der Waals surface area contributed by atoms with Gasteiger partial charge in [0, 0.05) is 18.2 Å². The first kappa shape index (κ1) is 21.1. The minimum absolute atomic E-state index is 0.216. The maximum Gasteiger partial charge on any atom is 0.271 e. The summed E-state index contributed by atoms with van der Waals surface area (Å²) in [5.41, 5.74) is 4.12. The SMILES string of the molecule is Cc1ccc(-c2ccc(=O)n(-c3c(C)noc3C)n2)cc1S(=O)(=O)N1CCc2ccccc21. The molecule has 1 aliphatic rings. The van der Waals surface area contributed by atoms with Crippen molar-refractivity contribution in [3.63, 3.8) is 0 Å². The number of aromatic nitrogens is 3. The number of para-hydroxylation sites is 1. The number of hydrogen-bond donors (Lipinski definition) is 0. The summed E-state index contributed by atoms with van der Waals surface area (Å²) in [4.78, 5) is 12.7. The molecule has 0 atom stereocenters. The molecule has 8 nitrogen and oxygen atoms in total. The maximum absolute atomic E-state index is 13.6. The van der Waals surface area contributed by atoms with Gasteiger partial charge in [0.15, 0.2) is 5.76 Å². The van der Waals surface area contributed by atoms with Gasteiger partial charge in [0.25, 0.3) is 15.6 Å². The summed E-state index contributed by atoms with van der Waals surface area (Å²) in [6.07, 6.45) is 0.679. The summed E-state index contributed by atoms with van der Waals surface area (Å²) < 4.78 is 35.1. The minimum atomic E-state index is -3.78. The van der Waals surface area contributed by atoms with Gasteiger partial charge in [-0.2, -0.15) is 9.78 Å². The van der Waals surface area contributed by atoms with Crippen molar-refractivity contribution in [3.8, 4) is 16.9 Å². The van der Waals surface area contributed by atoms with Crippen LogP contribution in [0.5, 0.6) is 0 Å². The summed E-state index contributed by atoms with van der Waals surface area (Å²) >= 11 is 0. The van der Waals surface area contributed by atoms with Gasteiger partial charge in [-0.25, -0.2) is 8.42 Å². The Hall–Kier alpha value is -3.72. The second-order valence-electron chi connectivity index (χ2n) is 8.08. The number of fused-ring (bicyclic) bond motifs is 1. The van der Waals surface area contributed by atoms with Gasteiger partial charge < -0.3 is 4.52 Å². The Bertz CT molecular complexity index is 1530. The molecule has 33 heavy (non-hydrogen) atoms. The smallest absolute Gasteiger partial charge is 0.271 e. The molecule has 1 aliphatic heterocycles. The van der Waals surface area contributed by atoms with Gasteiger partial charge in [-0.3, -0.25) is 9.10 Å². The largest absolute Gasteiger partial charge is 0.359 e. The lowest BCUT2D eigenvalue weighted by Gasteiger charge is -2.21. The lowest BCUT2D eigenvalue weighted by molar-refractivity contribution is 0.392. The second kappa shape index (κ2) is 7.70. The molecule has 4 aromatic rings. The van der Waals surface area contributed by atoms with Crippen molar-refractivity contribution in [1.82, 2.24) is 14.9 Å². The van der Waals surface area contributed by atoms with E-state index in [0.29, 0.717) is 52.6 Å². The molecule has 0 N–H and O–H groups in total. The molecule has 168 valence electrons. The maximum atomic E-state index is 13.6. The first-order chi connectivity index (χ1) is 15.8. The fourth-order valence-corrected chi connectivity index (χ4v) is 5.98. The monoisotopic (exact) mass is 462 g/mol. The number of rotatable bonds is 4. The number of nitrogens with zero attached hydrogens (tertiary/aromatic N) is 4. The molecular weight excluding hydrogens is 440 g/mol. The van der Waals surface area contributed by atoms with Crippen LogP contribution in [-0.4, -0.2) is 29.9 Å². The Balaban J connectivity index is 1.61. The predicted octanol–water partition coefficient (Wildman–Crippen LogP) is 3.56. The normalized spacial score (nSPS) is 13.4. The topological polar surface area (TPSA) is 98.3 Å². The Kier molecular flexibility index (Phi) is 4.93. The summed E-state index contributed by atoms with van der Waals surface area (Å²) in [7, 11) is -3.78. The molecular formula is C24H22N4O4S.